The lowest BCUT2D eigenvalue weighted by Crippen LogP contribution is -2.40. The molecule has 0 aromatic carbocycles. The summed E-state index contributed by atoms with van der Waals surface area (Å²) < 4.78 is 4.80. The fourth-order valence-electron chi connectivity index (χ4n) is 2.85. The summed E-state index contributed by atoms with van der Waals surface area (Å²) in [6.45, 7) is 6.61. The molecule has 1 aliphatic heterocycles. The van der Waals surface area contributed by atoms with Gasteiger partial charge >= 0.3 is 5.69 Å². The highest BCUT2D eigenvalue weighted by atomic mass is 16.2. The molecule has 0 radical (unpaired) electrons. The molecule has 2 aromatic heterocycles. The molecule has 7 nitrogen and oxygen atoms in total. The number of fused-ring (bicyclic) bond motifs is 3. The van der Waals surface area contributed by atoms with Crippen LogP contribution in [0, 0.1) is 0 Å². The summed E-state index contributed by atoms with van der Waals surface area (Å²) in [6.07, 6.45) is 2.65. The van der Waals surface area contributed by atoms with Crippen molar-refractivity contribution in [1.29, 1.82) is 0 Å². The van der Waals surface area contributed by atoms with Crippen molar-refractivity contribution in [3.05, 3.63) is 20.8 Å². The zero-order chi connectivity index (χ0) is 15.0. The summed E-state index contributed by atoms with van der Waals surface area (Å²) >= 11 is 0. The molecule has 21 heavy (non-hydrogen) atoms. The van der Waals surface area contributed by atoms with Crippen LogP contribution < -0.4 is 16.6 Å². The van der Waals surface area contributed by atoms with Gasteiger partial charge in [0.2, 0.25) is 0 Å². The molecule has 0 unspecified atom stereocenters. The largest absolute Gasteiger partial charge is 0.368 e. The molecular weight excluding hydrogens is 270 g/mol. The van der Waals surface area contributed by atoms with Gasteiger partial charge in [-0.1, -0.05) is 20.3 Å². The Morgan fingerprint density at radius 3 is 2.67 bits per heavy atom. The van der Waals surface area contributed by atoms with E-state index in [9.17, 15) is 9.59 Å². The monoisotopic (exact) mass is 291 g/mol. The van der Waals surface area contributed by atoms with Crippen molar-refractivity contribution >= 4 is 16.9 Å². The second-order valence-corrected chi connectivity index (χ2v) is 5.44. The lowest BCUT2D eigenvalue weighted by molar-refractivity contribution is 0.540. The maximum Gasteiger partial charge on any atom is 0.332 e. The summed E-state index contributed by atoms with van der Waals surface area (Å²) in [5.74, 6) is 0.755. The van der Waals surface area contributed by atoms with Crippen LogP contribution in [0.25, 0.3) is 11.0 Å². The Kier molecular flexibility index (Phi) is 3.57. The molecule has 0 fully saturated rings. The Labute approximate surface area is 122 Å². The lowest BCUT2D eigenvalue weighted by atomic mass is 10.3. The summed E-state index contributed by atoms with van der Waals surface area (Å²) in [5.41, 5.74) is 0.0628. The Balaban J connectivity index is 2.33. The zero-order valence-electron chi connectivity index (χ0n) is 12.6. The number of aromatic nitrogens is 4. The first-order valence-corrected chi connectivity index (χ1v) is 7.67. The molecule has 0 bridgehead atoms. The van der Waals surface area contributed by atoms with Crippen LogP contribution in [0.1, 0.15) is 33.1 Å². The van der Waals surface area contributed by atoms with Crippen LogP contribution >= 0.6 is 0 Å². The van der Waals surface area contributed by atoms with Gasteiger partial charge in [0.1, 0.15) is 11.2 Å². The average molecular weight is 291 g/mol. The zero-order valence-corrected chi connectivity index (χ0v) is 12.6. The Morgan fingerprint density at radius 1 is 1.14 bits per heavy atom. The van der Waals surface area contributed by atoms with Crippen molar-refractivity contribution in [2.45, 2.75) is 52.7 Å². The van der Waals surface area contributed by atoms with Gasteiger partial charge in [0.15, 0.2) is 5.65 Å². The van der Waals surface area contributed by atoms with Gasteiger partial charge in [0.05, 0.1) is 6.54 Å². The van der Waals surface area contributed by atoms with E-state index in [0.29, 0.717) is 24.1 Å². The maximum absolute atomic E-state index is 12.6. The predicted molar refractivity (Wildman–Crippen MR) is 81.9 cm³/mol. The summed E-state index contributed by atoms with van der Waals surface area (Å²) in [5, 5.41) is 8.23. The highest BCUT2D eigenvalue weighted by Gasteiger charge is 2.23. The van der Waals surface area contributed by atoms with E-state index in [-0.39, 0.29) is 11.2 Å². The highest BCUT2D eigenvalue weighted by Crippen LogP contribution is 2.22. The lowest BCUT2D eigenvalue weighted by Gasteiger charge is -2.10. The maximum atomic E-state index is 12.6. The third-order valence-corrected chi connectivity index (χ3v) is 3.91. The summed E-state index contributed by atoms with van der Waals surface area (Å²) in [4.78, 5) is 25.2. The van der Waals surface area contributed by atoms with Crippen LogP contribution in [0.5, 0.6) is 0 Å². The number of hydrogen-bond donors (Lipinski definition) is 1. The normalized spacial score (nSPS) is 13.6. The molecule has 1 N–H and O–H groups in total. The van der Waals surface area contributed by atoms with E-state index in [0.717, 1.165) is 38.2 Å². The van der Waals surface area contributed by atoms with E-state index < -0.39 is 0 Å². The number of unbranched alkanes of at least 4 members (excludes halogenated alkanes) is 1. The van der Waals surface area contributed by atoms with E-state index >= 15 is 0 Å². The second kappa shape index (κ2) is 5.38. The van der Waals surface area contributed by atoms with E-state index in [4.69, 9.17) is 0 Å². The fraction of sp³-hybridized carbons (Fsp3) is 0.643. The van der Waals surface area contributed by atoms with Crippen LogP contribution in [0.15, 0.2) is 9.59 Å². The van der Waals surface area contributed by atoms with Crippen molar-refractivity contribution < 1.29 is 0 Å². The molecule has 0 amide bonds. The summed E-state index contributed by atoms with van der Waals surface area (Å²) in [7, 11) is 0. The summed E-state index contributed by atoms with van der Waals surface area (Å²) in [6, 6.07) is 0. The SMILES string of the molecule is CCCCn1c(=O)n(CCC)c(=O)c2c3n(nc21)CCN3. The molecule has 114 valence electrons. The first-order chi connectivity index (χ1) is 10.2. The number of nitrogens with zero attached hydrogens (tertiary/aromatic N) is 4. The van der Waals surface area contributed by atoms with Gasteiger partial charge in [0, 0.05) is 19.6 Å². The molecule has 1 aliphatic rings. The van der Waals surface area contributed by atoms with Gasteiger partial charge < -0.3 is 5.32 Å². The Morgan fingerprint density at radius 2 is 1.95 bits per heavy atom. The van der Waals surface area contributed by atoms with Gasteiger partial charge in [-0.2, -0.15) is 5.10 Å². The second-order valence-electron chi connectivity index (χ2n) is 5.44. The molecule has 0 saturated carbocycles. The van der Waals surface area contributed by atoms with E-state index in [2.05, 4.69) is 17.3 Å². The fourth-order valence-corrected chi connectivity index (χ4v) is 2.85. The van der Waals surface area contributed by atoms with Gasteiger partial charge in [-0.3, -0.25) is 13.9 Å². The molecule has 0 saturated heterocycles. The number of anilines is 1. The molecule has 0 aliphatic carbocycles. The van der Waals surface area contributed by atoms with Crippen molar-refractivity contribution in [3.8, 4) is 0 Å². The minimum Gasteiger partial charge on any atom is -0.368 e. The number of aryl methyl sites for hydroxylation is 1. The van der Waals surface area contributed by atoms with Crippen LogP contribution in [0.3, 0.4) is 0 Å². The number of hydrogen-bond acceptors (Lipinski definition) is 4. The van der Waals surface area contributed by atoms with Crippen LogP contribution in [0.2, 0.25) is 0 Å². The van der Waals surface area contributed by atoms with Gasteiger partial charge in [-0.05, 0) is 12.8 Å². The van der Waals surface area contributed by atoms with Crippen LogP contribution in [0.4, 0.5) is 5.82 Å². The minimum atomic E-state index is -0.237. The molecule has 7 heteroatoms. The molecule has 0 spiro atoms. The van der Waals surface area contributed by atoms with E-state index in [1.54, 1.807) is 9.25 Å². The quantitative estimate of drug-likeness (QED) is 0.891. The molecule has 3 heterocycles. The van der Waals surface area contributed by atoms with Crippen LogP contribution in [-0.4, -0.2) is 25.5 Å². The first kappa shape index (κ1) is 13.9. The van der Waals surface area contributed by atoms with E-state index in [1.165, 1.54) is 4.57 Å². The third-order valence-electron chi connectivity index (χ3n) is 3.91. The standard InChI is InChI=1S/C14H21N5O2/c1-3-5-8-17-12-10(11-15-6-9-19(11)16-12)13(20)18(7-4-2)14(17)21/h15H,3-9H2,1-2H3. The highest BCUT2D eigenvalue weighted by molar-refractivity contribution is 5.87. The van der Waals surface area contributed by atoms with Crippen LogP contribution in [-0.2, 0) is 19.6 Å². The molecule has 3 rings (SSSR count). The number of rotatable bonds is 5. The van der Waals surface area contributed by atoms with E-state index in [1.807, 2.05) is 6.92 Å². The third kappa shape index (κ3) is 2.07. The van der Waals surface area contributed by atoms with Gasteiger partial charge in [-0.25, -0.2) is 9.48 Å². The molecule has 0 atom stereocenters. The van der Waals surface area contributed by atoms with Crippen molar-refractivity contribution in [2.24, 2.45) is 0 Å². The average Bonchev–Trinajstić information content (AvgIpc) is 3.04. The topological polar surface area (TPSA) is 73.8 Å². The van der Waals surface area contributed by atoms with Crippen molar-refractivity contribution in [1.82, 2.24) is 18.9 Å². The molecule has 2 aromatic rings. The molecular formula is C14H21N5O2. The smallest absolute Gasteiger partial charge is 0.332 e. The number of nitrogens with one attached hydrogen (secondary N) is 1. The Bertz CT molecular complexity index is 783. The first-order valence-electron chi connectivity index (χ1n) is 7.67. The van der Waals surface area contributed by atoms with Crippen molar-refractivity contribution in [2.75, 3.05) is 11.9 Å². The van der Waals surface area contributed by atoms with Crippen molar-refractivity contribution in [3.63, 3.8) is 0 Å². The van der Waals surface area contributed by atoms with Gasteiger partial charge in [-0.15, -0.1) is 0 Å². The minimum absolute atomic E-state index is 0.222. The Hall–Kier alpha value is -2.05. The van der Waals surface area contributed by atoms with Gasteiger partial charge in [0.25, 0.3) is 5.56 Å². The predicted octanol–water partition coefficient (Wildman–Crippen LogP) is 0.995.